The molecule has 1 aliphatic heterocycles. The second-order valence-electron chi connectivity index (χ2n) is 4.35. The van der Waals surface area contributed by atoms with Gasteiger partial charge < -0.3 is 10.4 Å². The Morgan fingerprint density at radius 2 is 2.41 bits per heavy atom. The molecule has 0 saturated carbocycles. The first kappa shape index (κ1) is 10.7. The molecule has 0 spiro atoms. The van der Waals surface area contributed by atoms with E-state index in [0.29, 0.717) is 13.0 Å². The zero-order chi connectivity index (χ0) is 11.8. The van der Waals surface area contributed by atoms with Crippen molar-refractivity contribution >= 4 is 27.6 Å². The standard InChI is InChI=1S/C12H12N2O2S/c15-12(16)9-3-10(13-5-9)7-1-2-8-6-14-17-11(8)4-7/h1-2,4,6,9-10,13H,3,5H2,(H,15,16). The summed E-state index contributed by atoms with van der Waals surface area (Å²) in [5, 5.41) is 13.4. The number of aromatic nitrogens is 1. The van der Waals surface area contributed by atoms with Gasteiger partial charge in [-0.1, -0.05) is 12.1 Å². The maximum Gasteiger partial charge on any atom is 0.307 e. The Morgan fingerprint density at radius 1 is 1.53 bits per heavy atom. The fourth-order valence-electron chi connectivity index (χ4n) is 2.27. The van der Waals surface area contributed by atoms with Crippen molar-refractivity contribution in [1.29, 1.82) is 0 Å². The van der Waals surface area contributed by atoms with Crippen LogP contribution in [0, 0.1) is 5.92 Å². The molecule has 4 nitrogen and oxygen atoms in total. The predicted molar refractivity (Wildman–Crippen MR) is 66.1 cm³/mol. The van der Waals surface area contributed by atoms with E-state index in [4.69, 9.17) is 5.11 Å². The van der Waals surface area contributed by atoms with Gasteiger partial charge in [0, 0.05) is 24.2 Å². The van der Waals surface area contributed by atoms with Gasteiger partial charge in [0.15, 0.2) is 0 Å². The summed E-state index contributed by atoms with van der Waals surface area (Å²) < 4.78 is 5.29. The first-order valence-electron chi connectivity index (χ1n) is 5.54. The van der Waals surface area contributed by atoms with Crippen LogP contribution in [0.4, 0.5) is 0 Å². The van der Waals surface area contributed by atoms with Crippen molar-refractivity contribution in [3.63, 3.8) is 0 Å². The van der Waals surface area contributed by atoms with Gasteiger partial charge in [-0.25, -0.2) is 0 Å². The van der Waals surface area contributed by atoms with Crippen LogP contribution in [0.5, 0.6) is 0 Å². The number of aliphatic carboxylic acids is 1. The van der Waals surface area contributed by atoms with E-state index >= 15 is 0 Å². The Kier molecular flexibility index (Phi) is 2.57. The minimum atomic E-state index is -0.709. The summed E-state index contributed by atoms with van der Waals surface area (Å²) in [6.45, 7) is 0.556. The summed E-state index contributed by atoms with van der Waals surface area (Å²) in [5.74, 6) is -0.976. The lowest BCUT2D eigenvalue weighted by Gasteiger charge is -2.10. The number of nitrogens with one attached hydrogen (secondary N) is 1. The van der Waals surface area contributed by atoms with Gasteiger partial charge in [0.2, 0.25) is 0 Å². The number of carbonyl (C=O) groups is 1. The molecule has 88 valence electrons. The monoisotopic (exact) mass is 248 g/mol. The minimum absolute atomic E-state index is 0.155. The number of benzene rings is 1. The highest BCUT2D eigenvalue weighted by Gasteiger charge is 2.30. The number of carboxylic acid groups (broad SMARTS) is 1. The molecule has 0 radical (unpaired) electrons. The predicted octanol–water partition coefficient (Wildman–Crippen LogP) is 2.03. The van der Waals surface area contributed by atoms with Gasteiger partial charge in [-0.15, -0.1) is 0 Å². The highest BCUT2D eigenvalue weighted by atomic mass is 32.1. The molecule has 1 fully saturated rings. The molecule has 0 aliphatic carbocycles. The van der Waals surface area contributed by atoms with E-state index in [2.05, 4.69) is 21.8 Å². The SMILES string of the molecule is O=C(O)C1CNC(c2ccc3cnsc3c2)C1. The second-order valence-corrected chi connectivity index (χ2v) is 5.19. The van der Waals surface area contributed by atoms with E-state index in [1.807, 2.05) is 12.3 Å². The van der Waals surface area contributed by atoms with Crippen molar-refractivity contribution in [2.45, 2.75) is 12.5 Å². The zero-order valence-corrected chi connectivity index (χ0v) is 9.91. The van der Waals surface area contributed by atoms with Gasteiger partial charge in [0.05, 0.1) is 10.6 Å². The van der Waals surface area contributed by atoms with Crippen LogP contribution in [0.2, 0.25) is 0 Å². The molecule has 1 aromatic carbocycles. The Labute approximate surface area is 102 Å². The summed E-state index contributed by atoms with van der Waals surface area (Å²) in [5.41, 5.74) is 1.16. The number of hydrogen-bond acceptors (Lipinski definition) is 4. The normalized spacial score (nSPS) is 24.2. The molecular formula is C12H12N2O2S. The van der Waals surface area contributed by atoms with Gasteiger partial charge in [-0.3, -0.25) is 4.79 Å². The van der Waals surface area contributed by atoms with Gasteiger partial charge >= 0.3 is 5.97 Å². The molecule has 2 unspecified atom stereocenters. The molecule has 2 aromatic rings. The molecule has 5 heteroatoms. The topological polar surface area (TPSA) is 62.2 Å². The molecule has 1 saturated heterocycles. The van der Waals surface area contributed by atoms with Gasteiger partial charge in [0.25, 0.3) is 0 Å². The van der Waals surface area contributed by atoms with Crippen LogP contribution in [0.25, 0.3) is 10.1 Å². The van der Waals surface area contributed by atoms with Crippen molar-refractivity contribution in [2.24, 2.45) is 5.92 Å². The molecule has 2 atom stereocenters. The lowest BCUT2D eigenvalue weighted by atomic mass is 10.00. The highest BCUT2D eigenvalue weighted by Crippen LogP contribution is 2.30. The quantitative estimate of drug-likeness (QED) is 0.853. The summed E-state index contributed by atoms with van der Waals surface area (Å²) in [7, 11) is 0. The molecular weight excluding hydrogens is 236 g/mol. The van der Waals surface area contributed by atoms with Crippen molar-refractivity contribution in [1.82, 2.24) is 9.69 Å². The molecule has 3 rings (SSSR count). The number of carboxylic acids is 1. The van der Waals surface area contributed by atoms with Crippen LogP contribution < -0.4 is 5.32 Å². The fraction of sp³-hybridized carbons (Fsp3) is 0.333. The number of hydrogen-bond donors (Lipinski definition) is 2. The molecule has 0 amide bonds. The first-order chi connectivity index (χ1) is 8.24. The van der Waals surface area contributed by atoms with Gasteiger partial charge in [-0.2, -0.15) is 4.37 Å². The Balaban J connectivity index is 1.87. The maximum atomic E-state index is 10.9. The maximum absolute atomic E-state index is 10.9. The average Bonchev–Trinajstić information content (AvgIpc) is 2.97. The molecule has 1 aromatic heterocycles. The number of nitrogens with zero attached hydrogens (tertiary/aromatic N) is 1. The molecule has 0 bridgehead atoms. The molecule has 2 N–H and O–H groups in total. The third kappa shape index (κ3) is 1.92. The summed E-state index contributed by atoms with van der Waals surface area (Å²) in [4.78, 5) is 10.9. The van der Waals surface area contributed by atoms with E-state index < -0.39 is 5.97 Å². The third-order valence-electron chi connectivity index (χ3n) is 3.26. The van der Waals surface area contributed by atoms with Crippen LogP contribution in [-0.2, 0) is 4.79 Å². The Morgan fingerprint density at radius 3 is 3.18 bits per heavy atom. The number of fused-ring (bicyclic) bond motifs is 1. The molecule has 2 heterocycles. The van der Waals surface area contributed by atoms with Crippen molar-refractivity contribution < 1.29 is 9.90 Å². The number of rotatable bonds is 2. The van der Waals surface area contributed by atoms with Crippen LogP contribution >= 0.6 is 11.5 Å². The smallest absolute Gasteiger partial charge is 0.307 e. The summed E-state index contributed by atoms with van der Waals surface area (Å²) >= 11 is 1.47. The average molecular weight is 248 g/mol. The highest BCUT2D eigenvalue weighted by molar-refractivity contribution is 7.13. The van der Waals surface area contributed by atoms with E-state index in [0.717, 1.165) is 15.6 Å². The largest absolute Gasteiger partial charge is 0.481 e. The lowest BCUT2D eigenvalue weighted by molar-refractivity contribution is -0.141. The van der Waals surface area contributed by atoms with Gasteiger partial charge in [-0.05, 0) is 29.6 Å². The van der Waals surface area contributed by atoms with Gasteiger partial charge in [0.1, 0.15) is 0 Å². The van der Waals surface area contributed by atoms with Crippen LogP contribution in [0.1, 0.15) is 18.0 Å². The van der Waals surface area contributed by atoms with E-state index in [1.165, 1.54) is 11.5 Å². The molecule has 1 aliphatic rings. The second kappa shape index (κ2) is 4.09. The minimum Gasteiger partial charge on any atom is -0.481 e. The Bertz CT molecular complexity index is 566. The third-order valence-corrected chi connectivity index (χ3v) is 4.02. The van der Waals surface area contributed by atoms with E-state index in [9.17, 15) is 4.79 Å². The lowest BCUT2D eigenvalue weighted by Crippen LogP contribution is -2.17. The summed E-state index contributed by atoms with van der Waals surface area (Å²) in [6, 6.07) is 6.36. The van der Waals surface area contributed by atoms with Crippen LogP contribution in [-0.4, -0.2) is 22.0 Å². The summed E-state index contributed by atoms with van der Waals surface area (Å²) in [6.07, 6.45) is 2.52. The van der Waals surface area contributed by atoms with Crippen molar-refractivity contribution in [3.05, 3.63) is 30.0 Å². The van der Waals surface area contributed by atoms with Crippen molar-refractivity contribution in [3.8, 4) is 0 Å². The zero-order valence-electron chi connectivity index (χ0n) is 9.09. The van der Waals surface area contributed by atoms with Crippen LogP contribution in [0.15, 0.2) is 24.4 Å². The van der Waals surface area contributed by atoms with E-state index in [-0.39, 0.29) is 12.0 Å². The molecule has 17 heavy (non-hydrogen) atoms. The van der Waals surface area contributed by atoms with E-state index in [1.54, 1.807) is 0 Å². The fourth-order valence-corrected chi connectivity index (χ4v) is 2.97. The Hall–Kier alpha value is -1.46. The van der Waals surface area contributed by atoms with Crippen molar-refractivity contribution in [2.75, 3.05) is 6.54 Å². The van der Waals surface area contributed by atoms with Crippen LogP contribution in [0.3, 0.4) is 0 Å². The first-order valence-corrected chi connectivity index (χ1v) is 6.32.